The van der Waals surface area contributed by atoms with Crippen LogP contribution in [0.25, 0.3) is 0 Å². The van der Waals surface area contributed by atoms with Gasteiger partial charge in [0.05, 0.1) is 11.1 Å². The SMILES string of the molecule is C[C@H](C(=O)O[C@H](C)C(=O)NC(=O)NC1CCCCC1)N1C(=O)c2ccccc2C1=O. The maximum Gasteiger partial charge on any atom is 0.329 e. The number of esters is 1. The van der Waals surface area contributed by atoms with E-state index in [9.17, 15) is 24.0 Å². The summed E-state index contributed by atoms with van der Waals surface area (Å²) in [5.41, 5.74) is 0.430. The van der Waals surface area contributed by atoms with Crippen LogP contribution in [0.5, 0.6) is 0 Å². The monoisotopic (exact) mass is 415 g/mol. The second kappa shape index (κ2) is 9.06. The first-order chi connectivity index (χ1) is 14.3. The fraction of sp³-hybridized carbons (Fsp3) is 0.476. The Balaban J connectivity index is 1.53. The van der Waals surface area contributed by atoms with E-state index in [4.69, 9.17) is 4.74 Å². The molecule has 0 spiro atoms. The van der Waals surface area contributed by atoms with Gasteiger partial charge in [-0.05, 0) is 38.8 Å². The van der Waals surface area contributed by atoms with E-state index in [1.807, 2.05) is 0 Å². The molecule has 1 heterocycles. The number of carbonyl (C=O) groups is 5. The summed E-state index contributed by atoms with van der Waals surface area (Å²) in [5.74, 6) is -2.89. The van der Waals surface area contributed by atoms with Gasteiger partial charge in [0.25, 0.3) is 17.7 Å². The van der Waals surface area contributed by atoms with Crippen LogP contribution >= 0.6 is 0 Å². The van der Waals surface area contributed by atoms with E-state index in [-0.39, 0.29) is 17.2 Å². The zero-order valence-electron chi connectivity index (χ0n) is 17.0. The van der Waals surface area contributed by atoms with Crippen LogP contribution in [-0.2, 0) is 14.3 Å². The second-order valence-electron chi connectivity index (χ2n) is 7.58. The Morgan fingerprint density at radius 2 is 1.57 bits per heavy atom. The maximum atomic E-state index is 12.5. The topological polar surface area (TPSA) is 122 Å². The second-order valence-corrected chi connectivity index (χ2v) is 7.58. The van der Waals surface area contributed by atoms with Crippen molar-refractivity contribution in [2.45, 2.75) is 64.1 Å². The van der Waals surface area contributed by atoms with E-state index >= 15 is 0 Å². The lowest BCUT2D eigenvalue weighted by molar-refractivity contribution is -0.157. The fourth-order valence-corrected chi connectivity index (χ4v) is 3.67. The van der Waals surface area contributed by atoms with Gasteiger partial charge in [0.1, 0.15) is 6.04 Å². The molecule has 160 valence electrons. The van der Waals surface area contributed by atoms with Gasteiger partial charge >= 0.3 is 12.0 Å². The van der Waals surface area contributed by atoms with Crippen LogP contribution in [0.15, 0.2) is 24.3 Å². The molecule has 3 rings (SSSR count). The molecule has 1 aromatic rings. The number of carbonyl (C=O) groups excluding carboxylic acids is 5. The van der Waals surface area contributed by atoms with E-state index in [1.54, 1.807) is 12.1 Å². The fourth-order valence-electron chi connectivity index (χ4n) is 3.67. The smallest absolute Gasteiger partial charge is 0.329 e. The zero-order chi connectivity index (χ0) is 21.8. The molecule has 0 unspecified atom stereocenters. The van der Waals surface area contributed by atoms with Crippen LogP contribution in [0.4, 0.5) is 4.79 Å². The molecule has 1 aliphatic carbocycles. The Labute approximate surface area is 174 Å². The van der Waals surface area contributed by atoms with Crippen LogP contribution in [0, 0.1) is 0 Å². The molecule has 2 atom stereocenters. The summed E-state index contributed by atoms with van der Waals surface area (Å²) in [6.45, 7) is 2.67. The Kier molecular flexibility index (Phi) is 6.49. The number of imide groups is 2. The first-order valence-electron chi connectivity index (χ1n) is 10.1. The number of nitrogens with zero attached hydrogens (tertiary/aromatic N) is 1. The van der Waals surface area contributed by atoms with Crippen molar-refractivity contribution in [3.8, 4) is 0 Å². The largest absolute Gasteiger partial charge is 0.451 e. The lowest BCUT2D eigenvalue weighted by atomic mass is 9.96. The van der Waals surface area contributed by atoms with Crippen LogP contribution in [0.1, 0.15) is 66.7 Å². The number of hydrogen-bond donors (Lipinski definition) is 2. The number of amides is 5. The molecule has 0 saturated heterocycles. The van der Waals surface area contributed by atoms with Gasteiger partial charge in [0.2, 0.25) is 0 Å². The molecule has 0 bridgehead atoms. The highest BCUT2D eigenvalue weighted by atomic mass is 16.5. The summed E-state index contributed by atoms with van der Waals surface area (Å²) < 4.78 is 5.10. The molecule has 5 amide bonds. The Hall–Kier alpha value is -3.23. The number of fused-ring (bicyclic) bond motifs is 1. The highest BCUT2D eigenvalue weighted by Crippen LogP contribution is 2.25. The molecule has 2 N–H and O–H groups in total. The van der Waals surface area contributed by atoms with Gasteiger partial charge in [-0.15, -0.1) is 0 Å². The summed E-state index contributed by atoms with van der Waals surface area (Å²) >= 11 is 0. The van der Waals surface area contributed by atoms with Crippen molar-refractivity contribution in [1.82, 2.24) is 15.5 Å². The molecule has 2 aliphatic rings. The first kappa shape index (κ1) is 21.5. The minimum atomic E-state index is -1.27. The van der Waals surface area contributed by atoms with Gasteiger partial charge in [0.15, 0.2) is 6.10 Å². The number of benzene rings is 1. The lowest BCUT2D eigenvalue weighted by Gasteiger charge is -2.24. The summed E-state index contributed by atoms with van der Waals surface area (Å²) in [4.78, 5) is 62.4. The zero-order valence-corrected chi connectivity index (χ0v) is 17.0. The van der Waals surface area contributed by atoms with Crippen LogP contribution in [0.3, 0.4) is 0 Å². The van der Waals surface area contributed by atoms with E-state index in [2.05, 4.69) is 10.6 Å². The van der Waals surface area contributed by atoms with E-state index in [0.717, 1.165) is 37.0 Å². The molecule has 9 heteroatoms. The van der Waals surface area contributed by atoms with E-state index in [0.29, 0.717) is 0 Å². The summed E-state index contributed by atoms with van der Waals surface area (Å²) in [7, 11) is 0. The number of ether oxygens (including phenoxy) is 1. The molecule has 1 aliphatic heterocycles. The highest BCUT2D eigenvalue weighted by molar-refractivity contribution is 6.22. The minimum absolute atomic E-state index is 0.0262. The average molecular weight is 415 g/mol. The Morgan fingerprint density at radius 3 is 2.13 bits per heavy atom. The highest BCUT2D eigenvalue weighted by Gasteiger charge is 2.41. The maximum absolute atomic E-state index is 12.5. The molecule has 1 saturated carbocycles. The third-order valence-electron chi connectivity index (χ3n) is 5.39. The predicted octanol–water partition coefficient (Wildman–Crippen LogP) is 1.76. The van der Waals surface area contributed by atoms with Crippen LogP contribution in [0.2, 0.25) is 0 Å². The summed E-state index contributed by atoms with van der Waals surface area (Å²) in [6, 6.07) is 4.44. The van der Waals surface area contributed by atoms with E-state index < -0.39 is 41.9 Å². The van der Waals surface area contributed by atoms with Crippen molar-refractivity contribution in [2.24, 2.45) is 0 Å². The third-order valence-corrected chi connectivity index (χ3v) is 5.39. The van der Waals surface area contributed by atoms with Gasteiger partial charge in [-0.25, -0.2) is 9.59 Å². The molecule has 30 heavy (non-hydrogen) atoms. The van der Waals surface area contributed by atoms with Crippen molar-refractivity contribution in [3.05, 3.63) is 35.4 Å². The standard InChI is InChI=1S/C21H25N3O6/c1-12(24-18(26)15-10-6-7-11-16(15)19(24)27)20(28)30-13(2)17(25)23-21(29)22-14-8-4-3-5-9-14/h6-7,10-14H,3-5,8-9H2,1-2H3,(H2,22,23,25,29)/t12-,13-/m1/s1. The van der Waals surface area contributed by atoms with Gasteiger partial charge in [-0.1, -0.05) is 31.4 Å². The Morgan fingerprint density at radius 1 is 1.00 bits per heavy atom. The van der Waals surface area contributed by atoms with Crippen LogP contribution < -0.4 is 10.6 Å². The average Bonchev–Trinajstić information content (AvgIpc) is 2.98. The molecule has 1 aromatic carbocycles. The van der Waals surface area contributed by atoms with Crippen molar-refractivity contribution in [1.29, 1.82) is 0 Å². The lowest BCUT2D eigenvalue weighted by Crippen LogP contribution is -2.50. The number of nitrogens with one attached hydrogen (secondary N) is 2. The molecular formula is C21H25N3O6. The van der Waals surface area contributed by atoms with Crippen molar-refractivity contribution in [3.63, 3.8) is 0 Å². The van der Waals surface area contributed by atoms with Crippen LogP contribution in [-0.4, -0.2) is 52.8 Å². The molecule has 1 fully saturated rings. The van der Waals surface area contributed by atoms with Crippen molar-refractivity contribution < 1.29 is 28.7 Å². The van der Waals surface area contributed by atoms with Crippen molar-refractivity contribution >= 4 is 29.7 Å². The van der Waals surface area contributed by atoms with Crippen molar-refractivity contribution in [2.75, 3.05) is 0 Å². The normalized spacial score (nSPS) is 18.4. The predicted molar refractivity (Wildman–Crippen MR) is 106 cm³/mol. The number of hydrogen-bond acceptors (Lipinski definition) is 6. The number of urea groups is 1. The van der Waals surface area contributed by atoms with Gasteiger partial charge in [-0.2, -0.15) is 0 Å². The molecule has 0 radical (unpaired) electrons. The third kappa shape index (κ3) is 4.50. The van der Waals surface area contributed by atoms with Gasteiger partial charge in [0, 0.05) is 6.04 Å². The van der Waals surface area contributed by atoms with E-state index in [1.165, 1.54) is 26.0 Å². The quantitative estimate of drug-likeness (QED) is 0.558. The minimum Gasteiger partial charge on any atom is -0.451 e. The molecular weight excluding hydrogens is 390 g/mol. The van der Waals surface area contributed by atoms with Gasteiger partial charge < -0.3 is 10.1 Å². The summed E-state index contributed by atoms with van der Waals surface area (Å²) in [5, 5.41) is 4.90. The molecule has 9 nitrogen and oxygen atoms in total. The number of rotatable bonds is 5. The Bertz CT molecular complexity index is 842. The molecule has 0 aromatic heterocycles. The first-order valence-corrected chi connectivity index (χ1v) is 10.1. The summed E-state index contributed by atoms with van der Waals surface area (Å²) in [6.07, 6.45) is 3.66. The van der Waals surface area contributed by atoms with Gasteiger partial charge in [-0.3, -0.25) is 24.6 Å².